The van der Waals surface area contributed by atoms with Gasteiger partial charge in [-0.05, 0) is 33.8 Å². The topological polar surface area (TPSA) is 90.2 Å². The number of aliphatic hydroxyl groups is 1. The van der Waals surface area contributed by atoms with Gasteiger partial charge in [-0.25, -0.2) is 4.39 Å². The standard InChI is InChI=1S/C13H19FO2.BH3O3/c1-12(2,15)13(3,4)16-9-10-7-5-6-8-11(10)14;2-1(3)4/h5-8,15H,9H2,1-4H3;2-4H. The molecule has 0 heterocycles. The summed E-state index contributed by atoms with van der Waals surface area (Å²) in [6, 6.07) is 6.48. The van der Waals surface area contributed by atoms with E-state index in [1.165, 1.54) is 6.07 Å². The zero-order valence-corrected chi connectivity index (χ0v) is 12.2. The fraction of sp³-hybridized carbons (Fsp3) is 0.538. The Morgan fingerprint density at radius 3 is 1.95 bits per heavy atom. The molecule has 0 saturated heterocycles. The molecule has 0 aliphatic rings. The van der Waals surface area contributed by atoms with E-state index in [2.05, 4.69) is 0 Å². The predicted octanol–water partition coefficient (Wildman–Crippen LogP) is 0.840. The molecule has 0 bridgehead atoms. The Balaban J connectivity index is 0.000000796. The van der Waals surface area contributed by atoms with Crippen LogP contribution in [-0.2, 0) is 11.3 Å². The van der Waals surface area contributed by atoms with Crippen molar-refractivity contribution in [2.45, 2.75) is 45.5 Å². The van der Waals surface area contributed by atoms with Crippen LogP contribution in [0, 0.1) is 5.82 Å². The summed E-state index contributed by atoms with van der Waals surface area (Å²) in [7, 11) is -2.17. The fourth-order valence-corrected chi connectivity index (χ4v) is 1.05. The minimum absolute atomic E-state index is 0.156. The van der Waals surface area contributed by atoms with E-state index in [0.29, 0.717) is 5.56 Å². The predicted molar refractivity (Wildman–Crippen MR) is 74.0 cm³/mol. The van der Waals surface area contributed by atoms with E-state index >= 15 is 0 Å². The largest absolute Gasteiger partial charge is 0.631 e. The van der Waals surface area contributed by atoms with Crippen LogP contribution in [0.1, 0.15) is 33.3 Å². The van der Waals surface area contributed by atoms with Crippen LogP contribution in [0.25, 0.3) is 0 Å². The monoisotopic (exact) mass is 288 g/mol. The third kappa shape index (κ3) is 6.97. The lowest BCUT2D eigenvalue weighted by molar-refractivity contribution is -0.154. The smallest absolute Gasteiger partial charge is 0.402 e. The van der Waals surface area contributed by atoms with Crippen molar-refractivity contribution >= 4 is 7.32 Å². The van der Waals surface area contributed by atoms with Crippen LogP contribution in [0.4, 0.5) is 4.39 Å². The van der Waals surface area contributed by atoms with Crippen molar-refractivity contribution in [2.75, 3.05) is 0 Å². The molecule has 114 valence electrons. The van der Waals surface area contributed by atoms with Gasteiger partial charge in [-0.1, -0.05) is 18.2 Å². The zero-order chi connectivity index (χ0) is 16.0. The molecule has 0 aromatic heterocycles. The maximum atomic E-state index is 13.3. The van der Waals surface area contributed by atoms with Gasteiger partial charge in [-0.3, -0.25) is 0 Å². The van der Waals surface area contributed by atoms with Gasteiger partial charge in [0.25, 0.3) is 0 Å². The number of halogens is 1. The van der Waals surface area contributed by atoms with Crippen molar-refractivity contribution in [3.63, 3.8) is 0 Å². The normalized spacial score (nSPS) is 11.7. The number of rotatable bonds is 4. The Morgan fingerprint density at radius 1 is 1.10 bits per heavy atom. The lowest BCUT2D eigenvalue weighted by Gasteiger charge is -2.37. The summed E-state index contributed by atoms with van der Waals surface area (Å²) < 4.78 is 18.9. The molecule has 5 nitrogen and oxygen atoms in total. The maximum absolute atomic E-state index is 13.3. The average Bonchev–Trinajstić information content (AvgIpc) is 2.25. The second-order valence-electron chi connectivity index (χ2n) is 5.30. The molecule has 0 aliphatic heterocycles. The quantitative estimate of drug-likeness (QED) is 0.616. The van der Waals surface area contributed by atoms with Gasteiger partial charge in [0.05, 0.1) is 17.8 Å². The third-order valence-corrected chi connectivity index (χ3v) is 3.02. The number of benzene rings is 1. The van der Waals surface area contributed by atoms with E-state index in [0.717, 1.165) is 0 Å². The van der Waals surface area contributed by atoms with Crippen LogP contribution in [0.5, 0.6) is 0 Å². The van der Waals surface area contributed by atoms with Gasteiger partial charge in [-0.2, -0.15) is 0 Å². The molecule has 4 N–H and O–H groups in total. The van der Waals surface area contributed by atoms with Crippen molar-refractivity contribution in [3.8, 4) is 0 Å². The summed E-state index contributed by atoms with van der Waals surface area (Å²) >= 11 is 0. The van der Waals surface area contributed by atoms with E-state index in [9.17, 15) is 9.50 Å². The van der Waals surface area contributed by atoms with Gasteiger partial charge in [0, 0.05) is 5.56 Å². The Morgan fingerprint density at radius 2 is 1.55 bits per heavy atom. The lowest BCUT2D eigenvalue weighted by Crippen LogP contribution is -2.47. The van der Waals surface area contributed by atoms with Gasteiger partial charge in [0.1, 0.15) is 5.82 Å². The highest BCUT2D eigenvalue weighted by Crippen LogP contribution is 2.26. The molecule has 0 amide bonds. The van der Waals surface area contributed by atoms with Crippen LogP contribution in [-0.4, -0.2) is 38.7 Å². The Labute approximate surface area is 118 Å². The molecule has 7 heteroatoms. The first-order valence-corrected chi connectivity index (χ1v) is 6.11. The maximum Gasteiger partial charge on any atom is 0.631 e. The third-order valence-electron chi connectivity index (χ3n) is 3.02. The number of ether oxygens (including phenoxy) is 1. The first-order chi connectivity index (χ1) is 8.97. The summed E-state index contributed by atoms with van der Waals surface area (Å²) in [6.45, 7) is 7.08. The summed E-state index contributed by atoms with van der Waals surface area (Å²) in [4.78, 5) is 0. The van der Waals surface area contributed by atoms with Crippen LogP contribution in [0.3, 0.4) is 0 Å². The van der Waals surface area contributed by atoms with E-state index in [1.54, 1.807) is 45.9 Å². The molecule has 0 atom stereocenters. The summed E-state index contributed by atoms with van der Waals surface area (Å²) in [6.07, 6.45) is 0. The molecule has 0 saturated carbocycles. The molecule has 1 aromatic rings. The van der Waals surface area contributed by atoms with Crippen LogP contribution in [0.15, 0.2) is 24.3 Å². The average molecular weight is 288 g/mol. The first kappa shape index (κ1) is 19.0. The minimum atomic E-state index is -2.17. The molecule has 1 aromatic carbocycles. The van der Waals surface area contributed by atoms with Crippen LogP contribution < -0.4 is 0 Å². The van der Waals surface area contributed by atoms with Crippen LogP contribution in [0.2, 0.25) is 0 Å². The van der Waals surface area contributed by atoms with Gasteiger partial charge in [0.15, 0.2) is 0 Å². The Kier molecular flexibility index (Phi) is 7.33. The molecule has 1 rings (SSSR count). The minimum Gasteiger partial charge on any atom is -0.402 e. The molecule has 0 aliphatic carbocycles. The second kappa shape index (κ2) is 7.71. The molecule has 0 fully saturated rings. The van der Waals surface area contributed by atoms with Crippen molar-refractivity contribution in [1.29, 1.82) is 0 Å². The molecule has 0 spiro atoms. The molecular weight excluding hydrogens is 266 g/mol. The highest BCUT2D eigenvalue weighted by Gasteiger charge is 2.36. The number of hydrogen-bond donors (Lipinski definition) is 4. The molecular formula is C13H22BFO5. The van der Waals surface area contributed by atoms with Gasteiger partial charge in [-0.15, -0.1) is 0 Å². The Bertz CT molecular complexity index is 401. The second-order valence-corrected chi connectivity index (χ2v) is 5.30. The Hall–Kier alpha value is -0.985. The van der Waals surface area contributed by atoms with Crippen molar-refractivity contribution in [1.82, 2.24) is 0 Å². The van der Waals surface area contributed by atoms with Gasteiger partial charge >= 0.3 is 7.32 Å². The highest BCUT2D eigenvalue weighted by atomic mass is 19.1. The summed E-state index contributed by atoms with van der Waals surface area (Å²) in [5.41, 5.74) is -1.20. The molecule has 20 heavy (non-hydrogen) atoms. The van der Waals surface area contributed by atoms with Gasteiger partial charge < -0.3 is 24.9 Å². The zero-order valence-electron chi connectivity index (χ0n) is 12.2. The number of hydrogen-bond acceptors (Lipinski definition) is 5. The van der Waals surface area contributed by atoms with Crippen LogP contribution >= 0.6 is 0 Å². The fourth-order valence-electron chi connectivity index (χ4n) is 1.05. The summed E-state index contributed by atoms with van der Waals surface area (Å²) in [5, 5.41) is 31.4. The van der Waals surface area contributed by atoms with Crippen molar-refractivity contribution in [2.24, 2.45) is 0 Å². The first-order valence-electron chi connectivity index (χ1n) is 6.11. The van der Waals surface area contributed by atoms with E-state index in [1.807, 2.05) is 0 Å². The van der Waals surface area contributed by atoms with Crippen molar-refractivity contribution in [3.05, 3.63) is 35.6 Å². The van der Waals surface area contributed by atoms with E-state index < -0.39 is 18.5 Å². The summed E-state index contributed by atoms with van der Waals surface area (Å²) in [5.74, 6) is -0.283. The van der Waals surface area contributed by atoms with E-state index in [4.69, 9.17) is 19.8 Å². The SMILES string of the molecule is CC(C)(O)C(C)(C)OCc1ccccc1F.OB(O)O. The van der Waals surface area contributed by atoms with E-state index in [-0.39, 0.29) is 12.4 Å². The lowest BCUT2D eigenvalue weighted by atomic mass is 9.89. The highest BCUT2D eigenvalue weighted by molar-refractivity contribution is 6.30. The van der Waals surface area contributed by atoms with Crippen molar-refractivity contribution < 1.29 is 29.3 Å². The molecule has 0 unspecified atom stereocenters. The molecule has 0 radical (unpaired) electrons. The van der Waals surface area contributed by atoms with Gasteiger partial charge in [0.2, 0.25) is 0 Å².